The molecule has 0 fully saturated rings. The van der Waals surface area contributed by atoms with Crippen LogP contribution in [-0.2, 0) is 49.9 Å². The number of benzene rings is 8. The van der Waals surface area contributed by atoms with Crippen LogP contribution in [0.4, 0.5) is 0 Å². The van der Waals surface area contributed by atoms with Crippen molar-refractivity contribution in [1.82, 2.24) is 0 Å². The van der Waals surface area contributed by atoms with Gasteiger partial charge in [-0.25, -0.2) is 0 Å². The molecule has 0 saturated carbocycles. The minimum Gasteiger partial charge on any atom is -0.508 e. The summed E-state index contributed by atoms with van der Waals surface area (Å²) in [5, 5.41) is 29.8. The molecular weight excluding hydrogens is 892 g/mol. The number of aryl methyl sites for hydroxylation is 6. The Hall–Kier alpha value is -6.02. The van der Waals surface area contributed by atoms with E-state index >= 15 is 0 Å². The number of hydrogen-bond acceptors (Lipinski definition) is 2. The van der Waals surface area contributed by atoms with Gasteiger partial charge in [-0.2, -0.15) is 0 Å². The molecule has 67 heavy (non-hydrogen) atoms. The van der Waals surface area contributed by atoms with Gasteiger partial charge in [0.2, 0.25) is 0 Å². The quantitative estimate of drug-likeness (QED) is 0.169. The third-order valence-electron chi connectivity index (χ3n) is 13.0. The van der Waals surface area contributed by atoms with Crippen molar-refractivity contribution >= 4 is 43.1 Å². The van der Waals surface area contributed by atoms with E-state index in [1.165, 1.54) is 98.7 Å². The Kier molecular flexibility index (Phi) is 14.6. The molecule has 10 aromatic rings. The summed E-state index contributed by atoms with van der Waals surface area (Å²) in [4.78, 5) is 0. The molecule has 0 aliphatic heterocycles. The third kappa shape index (κ3) is 10.7. The topological polar surface area (TPSA) is 40.5 Å². The predicted octanol–water partition coefficient (Wildman–Crippen LogP) is 17.5. The zero-order valence-electron chi connectivity index (χ0n) is 41.0. The molecule has 0 aromatic heterocycles. The molecule has 0 spiro atoms. The summed E-state index contributed by atoms with van der Waals surface area (Å²) in [5.74, 6) is 0.793. The molecule has 2 nitrogen and oxygen atoms in total. The number of phenols is 2. The van der Waals surface area contributed by atoms with Crippen molar-refractivity contribution in [2.24, 2.45) is 0 Å². The zero-order chi connectivity index (χ0) is 46.9. The van der Waals surface area contributed by atoms with Crippen LogP contribution in [-0.4, -0.2) is 10.2 Å². The van der Waals surface area contributed by atoms with Crippen molar-refractivity contribution in [1.29, 1.82) is 0 Å². The first-order chi connectivity index (χ1) is 31.5. The molecule has 0 amide bonds. The van der Waals surface area contributed by atoms with Gasteiger partial charge in [-0.05, 0) is 83.3 Å². The molecule has 10 aromatic carbocycles. The number of fused-ring (bicyclic) bond motifs is 4. The van der Waals surface area contributed by atoms with Crippen molar-refractivity contribution < 1.29 is 36.4 Å². The van der Waals surface area contributed by atoms with Crippen LogP contribution in [0.5, 0.6) is 11.5 Å². The summed E-state index contributed by atoms with van der Waals surface area (Å²) < 4.78 is 0. The number of aromatic hydroxyl groups is 2. The Bertz CT molecular complexity index is 3120. The van der Waals surface area contributed by atoms with E-state index in [4.69, 9.17) is 0 Å². The summed E-state index contributed by atoms with van der Waals surface area (Å²) in [5.41, 5.74) is 15.4. The van der Waals surface area contributed by atoms with Gasteiger partial charge in [0.15, 0.2) is 0 Å². The van der Waals surface area contributed by atoms with Gasteiger partial charge in [-0.15, -0.1) is 68.1 Å². The predicted molar refractivity (Wildman–Crippen MR) is 285 cm³/mol. The molecular formula is C64H64O2Zr. The molecule has 0 radical (unpaired) electrons. The Morgan fingerprint density at radius 3 is 1.09 bits per heavy atom. The molecule has 0 aliphatic carbocycles. The second kappa shape index (κ2) is 20.1. The first kappa shape index (κ1) is 48.9. The van der Waals surface area contributed by atoms with E-state index in [0.717, 1.165) is 24.0 Å². The van der Waals surface area contributed by atoms with E-state index in [1.54, 1.807) is 12.1 Å². The Morgan fingerprint density at radius 2 is 0.731 bits per heavy atom. The number of rotatable bonds is 5. The van der Waals surface area contributed by atoms with E-state index in [1.807, 2.05) is 38.1 Å². The van der Waals surface area contributed by atoms with Crippen LogP contribution in [0.15, 0.2) is 170 Å². The molecule has 0 saturated heterocycles. The maximum absolute atomic E-state index is 9.57. The molecule has 10 rings (SSSR count). The van der Waals surface area contributed by atoms with Crippen LogP contribution in [0.2, 0.25) is 0 Å². The molecule has 336 valence electrons. The average Bonchev–Trinajstić information content (AvgIpc) is 3.84. The molecule has 2 N–H and O–H groups in total. The van der Waals surface area contributed by atoms with Gasteiger partial charge < -0.3 is 10.2 Å². The second-order valence-corrected chi connectivity index (χ2v) is 20.4. The second-order valence-electron chi connectivity index (χ2n) is 20.4. The molecule has 0 bridgehead atoms. The number of phenolic OH excluding ortho intramolecular Hbond substituents is 2. The third-order valence-corrected chi connectivity index (χ3v) is 13.0. The summed E-state index contributed by atoms with van der Waals surface area (Å²) in [6, 6.07) is 61.1. The van der Waals surface area contributed by atoms with Gasteiger partial charge in [0, 0.05) is 0 Å². The van der Waals surface area contributed by atoms with E-state index < -0.39 is 0 Å². The fourth-order valence-corrected chi connectivity index (χ4v) is 9.71. The van der Waals surface area contributed by atoms with Crippen LogP contribution in [0.3, 0.4) is 0 Å². The minimum absolute atomic E-state index is 0. The van der Waals surface area contributed by atoms with E-state index in [0.29, 0.717) is 11.5 Å². The van der Waals surface area contributed by atoms with E-state index in [2.05, 4.69) is 189 Å². The maximum atomic E-state index is 9.57. The van der Waals surface area contributed by atoms with Crippen LogP contribution < -0.4 is 0 Å². The van der Waals surface area contributed by atoms with Gasteiger partial charge in [0.05, 0.1) is 0 Å². The molecule has 0 heterocycles. The zero-order valence-corrected chi connectivity index (χ0v) is 43.4. The van der Waals surface area contributed by atoms with Crippen LogP contribution in [0.25, 0.3) is 65.3 Å². The van der Waals surface area contributed by atoms with Gasteiger partial charge in [0.1, 0.15) is 11.5 Å². The summed E-state index contributed by atoms with van der Waals surface area (Å²) in [7, 11) is 0. The van der Waals surface area contributed by atoms with Crippen LogP contribution >= 0.6 is 0 Å². The molecule has 0 unspecified atom stereocenters. The fraction of sp³-hybridized carbons (Fsp3) is 0.219. The summed E-state index contributed by atoms with van der Waals surface area (Å²) >= 11 is 0. The summed E-state index contributed by atoms with van der Waals surface area (Å²) in [6.45, 7) is 21.1. The largest absolute Gasteiger partial charge is 2.00 e. The van der Waals surface area contributed by atoms with Crippen LogP contribution in [0, 0.1) is 27.7 Å². The normalized spacial score (nSPS) is 11.6. The van der Waals surface area contributed by atoms with Gasteiger partial charge in [0.25, 0.3) is 0 Å². The summed E-state index contributed by atoms with van der Waals surface area (Å²) in [6.07, 6.45) is 1.96. The van der Waals surface area contributed by atoms with Gasteiger partial charge in [-0.3, -0.25) is 0 Å². The van der Waals surface area contributed by atoms with Gasteiger partial charge >= 0.3 is 26.2 Å². The minimum atomic E-state index is 0. The molecule has 0 atom stereocenters. The smallest absolute Gasteiger partial charge is 0.508 e. The first-order valence-electron chi connectivity index (χ1n) is 23.4. The monoisotopic (exact) mass is 954 g/mol. The van der Waals surface area contributed by atoms with Crippen molar-refractivity contribution in [2.75, 3.05) is 0 Å². The van der Waals surface area contributed by atoms with Gasteiger partial charge in [-0.1, -0.05) is 221 Å². The maximum Gasteiger partial charge on any atom is 2.00 e. The Balaban J connectivity index is 0.000000219. The number of hydrogen-bond donors (Lipinski definition) is 2. The van der Waals surface area contributed by atoms with Crippen molar-refractivity contribution in [3.05, 3.63) is 214 Å². The van der Waals surface area contributed by atoms with E-state index in [-0.39, 0.29) is 37.0 Å². The van der Waals surface area contributed by atoms with Crippen molar-refractivity contribution in [2.45, 2.75) is 92.9 Å². The van der Waals surface area contributed by atoms with Crippen LogP contribution in [0.1, 0.15) is 86.1 Å². The van der Waals surface area contributed by atoms with Crippen molar-refractivity contribution in [3.63, 3.8) is 0 Å². The molecule has 0 aliphatic rings. The molecule has 3 heteroatoms. The SMILES string of the molecule is Cc1cc(-c2[cH-]c3ccccc3c2CCc2c(-c3cc(C)cc4ccccc34)[cH-]c3ccccc23)c2ccccc2c1.Cc1ccc(O)c(C(C)(C)C)c1.Cc1ccc(O)c(C(C)(C)C)c1.[Zr+2]. The Labute approximate surface area is 417 Å². The first-order valence-corrected chi connectivity index (χ1v) is 23.4. The fourth-order valence-electron chi connectivity index (χ4n) is 9.71. The Morgan fingerprint density at radius 1 is 0.388 bits per heavy atom. The van der Waals surface area contributed by atoms with E-state index in [9.17, 15) is 10.2 Å². The average molecular weight is 956 g/mol. The standard InChI is InChI=1S/C42H32.2C11H16O.Zr/c1-27-21-29-11-3-9-17-35(29)39(23-27)41-25-31-13-5-7-15-33(31)37(41)19-20-38-34-16-8-6-14-32(34)26-42(38)40-24-28(2)22-30-12-4-10-18-36(30)40;2*1-8-5-6-10(12)9(7-8)11(2,3)4;/h3-18,21-26H,19-20H2,1-2H3;2*5-7,12H,1-4H3;/q-2;;;+2. The van der Waals surface area contributed by atoms with Crippen molar-refractivity contribution in [3.8, 4) is 33.8 Å².